The fourth-order valence-electron chi connectivity index (χ4n) is 0.771. The van der Waals surface area contributed by atoms with Crippen molar-refractivity contribution in [3.63, 3.8) is 0 Å². The molecule has 0 saturated carbocycles. The van der Waals surface area contributed by atoms with Crippen LogP contribution >= 0.6 is 0 Å². The van der Waals surface area contributed by atoms with E-state index in [1.807, 2.05) is 4.98 Å². The minimum atomic E-state index is -0.620. The summed E-state index contributed by atoms with van der Waals surface area (Å²) in [6.45, 7) is 0. The van der Waals surface area contributed by atoms with E-state index in [0.717, 1.165) is 0 Å². The quantitative estimate of drug-likeness (QED) is 0.453. The molecule has 0 fully saturated rings. The fourth-order valence-corrected chi connectivity index (χ4v) is 0.771. The van der Waals surface area contributed by atoms with Crippen molar-refractivity contribution in [2.45, 2.75) is 0 Å². The van der Waals surface area contributed by atoms with Gasteiger partial charge in [0.15, 0.2) is 0 Å². The van der Waals surface area contributed by atoms with Crippen LogP contribution in [0.15, 0.2) is 14.6 Å². The lowest BCUT2D eigenvalue weighted by atomic mass is 10.3. The van der Waals surface area contributed by atoms with E-state index in [9.17, 15) is 9.59 Å². The summed E-state index contributed by atoms with van der Waals surface area (Å²) < 4.78 is 0. The zero-order chi connectivity index (χ0) is 9.14. The number of rotatable bonds is 1. The average molecular weight is 168 g/mol. The number of nitrogens with one attached hydrogen (secondary N) is 2. The predicted molar refractivity (Wildman–Crippen MR) is 45.6 cm³/mol. The summed E-state index contributed by atoms with van der Waals surface area (Å²) in [6.07, 6.45) is 1.28. The lowest BCUT2D eigenvalue weighted by Gasteiger charge is -1.95. The predicted octanol–water partition coefficient (Wildman–Crippen LogP) is -1.31. The zero-order valence-corrected chi connectivity index (χ0v) is 6.42. The molecule has 0 aliphatic heterocycles. The van der Waals surface area contributed by atoms with E-state index in [-0.39, 0.29) is 11.4 Å². The highest BCUT2D eigenvalue weighted by Crippen LogP contribution is 1.92. The number of nitrogens with two attached hydrogens (primary N) is 1. The second-order valence-corrected chi connectivity index (χ2v) is 2.12. The van der Waals surface area contributed by atoms with Gasteiger partial charge in [-0.15, -0.1) is 0 Å². The van der Waals surface area contributed by atoms with Crippen LogP contribution < -0.4 is 17.0 Å². The molecule has 0 atom stereocenters. The Balaban J connectivity index is 3.49. The fraction of sp³-hybridized carbons (Fsp3) is 0.167. The monoisotopic (exact) mass is 168 g/mol. The Morgan fingerprint density at radius 3 is 2.58 bits per heavy atom. The van der Waals surface area contributed by atoms with Gasteiger partial charge in [-0.2, -0.15) is 0 Å². The van der Waals surface area contributed by atoms with Crippen LogP contribution in [-0.2, 0) is 0 Å². The lowest BCUT2D eigenvalue weighted by Crippen LogP contribution is -2.27. The molecule has 0 aliphatic carbocycles. The average Bonchev–Trinajstić information content (AvgIpc) is 1.96. The first kappa shape index (κ1) is 8.25. The Morgan fingerprint density at radius 1 is 1.42 bits per heavy atom. The topological polar surface area (TPSA) is 104 Å². The molecule has 0 saturated heterocycles. The van der Waals surface area contributed by atoms with Crippen LogP contribution in [0.2, 0.25) is 0 Å². The minimum absolute atomic E-state index is 0.0225. The van der Waals surface area contributed by atoms with Gasteiger partial charge in [0, 0.05) is 13.3 Å². The summed E-state index contributed by atoms with van der Waals surface area (Å²) >= 11 is 0. The number of hydrogen-bond acceptors (Lipinski definition) is 4. The molecule has 1 aromatic rings. The molecule has 6 nitrogen and oxygen atoms in total. The summed E-state index contributed by atoms with van der Waals surface area (Å²) in [7, 11) is 1.50. The molecule has 6 heteroatoms. The highest BCUT2D eigenvalue weighted by molar-refractivity contribution is 5.84. The van der Waals surface area contributed by atoms with E-state index in [0.29, 0.717) is 0 Å². The molecule has 0 spiro atoms. The molecule has 64 valence electrons. The van der Waals surface area contributed by atoms with Crippen LogP contribution in [0.4, 0.5) is 5.82 Å². The molecule has 0 bridgehead atoms. The second-order valence-electron chi connectivity index (χ2n) is 2.12. The SMILES string of the molecule is CN=Cc1c(N)[nH]c(=O)[nH]c1=O. The van der Waals surface area contributed by atoms with Crippen molar-refractivity contribution < 1.29 is 0 Å². The summed E-state index contributed by atoms with van der Waals surface area (Å²) in [5.41, 5.74) is 4.35. The van der Waals surface area contributed by atoms with Crippen molar-refractivity contribution in [3.05, 3.63) is 26.4 Å². The van der Waals surface area contributed by atoms with E-state index >= 15 is 0 Å². The molecule has 0 aliphatic rings. The molecule has 0 radical (unpaired) electrons. The number of nitrogen functional groups attached to an aromatic ring is 1. The largest absolute Gasteiger partial charge is 0.384 e. The number of hydrogen-bond donors (Lipinski definition) is 3. The summed E-state index contributed by atoms with van der Waals surface area (Å²) in [6, 6.07) is 0. The van der Waals surface area contributed by atoms with Crippen LogP contribution in [-0.4, -0.2) is 23.2 Å². The van der Waals surface area contributed by atoms with Crippen LogP contribution in [0.3, 0.4) is 0 Å². The lowest BCUT2D eigenvalue weighted by molar-refractivity contribution is 1.04. The van der Waals surface area contributed by atoms with Gasteiger partial charge in [-0.3, -0.25) is 19.8 Å². The second kappa shape index (κ2) is 3.04. The van der Waals surface area contributed by atoms with Gasteiger partial charge in [0.05, 0.1) is 5.56 Å². The molecule has 4 N–H and O–H groups in total. The highest BCUT2D eigenvalue weighted by Gasteiger charge is 2.01. The van der Waals surface area contributed by atoms with E-state index in [1.165, 1.54) is 13.3 Å². The molecule has 12 heavy (non-hydrogen) atoms. The summed E-state index contributed by atoms with van der Waals surface area (Å²) in [4.78, 5) is 29.5. The molecule has 0 unspecified atom stereocenters. The molecule has 1 heterocycles. The number of anilines is 1. The Bertz CT molecular complexity index is 414. The number of H-pyrrole nitrogens is 2. The first-order valence-corrected chi connectivity index (χ1v) is 3.19. The maximum atomic E-state index is 11.0. The third-order valence-electron chi connectivity index (χ3n) is 1.27. The smallest absolute Gasteiger partial charge is 0.327 e. The molecule has 1 rings (SSSR count). The van der Waals surface area contributed by atoms with Gasteiger partial charge in [0.2, 0.25) is 0 Å². The van der Waals surface area contributed by atoms with E-state index in [2.05, 4.69) is 9.98 Å². The van der Waals surface area contributed by atoms with Gasteiger partial charge in [-0.25, -0.2) is 4.79 Å². The van der Waals surface area contributed by atoms with Crippen molar-refractivity contribution in [2.24, 2.45) is 4.99 Å². The van der Waals surface area contributed by atoms with Gasteiger partial charge in [0.1, 0.15) is 5.82 Å². The first-order valence-electron chi connectivity index (χ1n) is 3.19. The third-order valence-corrected chi connectivity index (χ3v) is 1.27. The van der Waals surface area contributed by atoms with Gasteiger partial charge in [0.25, 0.3) is 5.56 Å². The van der Waals surface area contributed by atoms with E-state index in [1.54, 1.807) is 0 Å². The number of aromatic amines is 2. The standard InChI is InChI=1S/C6H8N4O2/c1-8-2-3-4(7)9-6(12)10-5(3)11/h2H,1H3,(H4,7,9,10,11,12). The normalized spacial score (nSPS) is 10.8. The molecule has 0 aromatic carbocycles. The maximum absolute atomic E-state index is 11.0. The third kappa shape index (κ3) is 1.42. The highest BCUT2D eigenvalue weighted by atomic mass is 16.2. The maximum Gasteiger partial charge on any atom is 0.327 e. The van der Waals surface area contributed by atoms with Crippen molar-refractivity contribution in [1.82, 2.24) is 9.97 Å². The van der Waals surface area contributed by atoms with Crippen LogP contribution in [0, 0.1) is 0 Å². The van der Waals surface area contributed by atoms with Crippen molar-refractivity contribution in [2.75, 3.05) is 12.8 Å². The first-order chi connectivity index (χ1) is 5.65. The van der Waals surface area contributed by atoms with Crippen molar-refractivity contribution in [3.8, 4) is 0 Å². The Kier molecular flexibility index (Phi) is 2.09. The molecule has 1 aromatic heterocycles. The van der Waals surface area contributed by atoms with Crippen molar-refractivity contribution >= 4 is 12.0 Å². The van der Waals surface area contributed by atoms with Crippen LogP contribution in [0.25, 0.3) is 0 Å². The van der Waals surface area contributed by atoms with Crippen LogP contribution in [0.1, 0.15) is 5.56 Å². The Morgan fingerprint density at radius 2 is 2.08 bits per heavy atom. The molecular formula is C6H8N4O2. The van der Waals surface area contributed by atoms with Crippen molar-refractivity contribution in [1.29, 1.82) is 0 Å². The number of nitrogens with zero attached hydrogens (tertiary/aromatic N) is 1. The Hall–Kier alpha value is -1.85. The van der Waals surface area contributed by atoms with Crippen LogP contribution in [0.5, 0.6) is 0 Å². The van der Waals surface area contributed by atoms with Gasteiger partial charge in [-0.1, -0.05) is 0 Å². The van der Waals surface area contributed by atoms with Gasteiger partial charge >= 0.3 is 5.69 Å². The minimum Gasteiger partial charge on any atom is -0.384 e. The van der Waals surface area contributed by atoms with E-state index < -0.39 is 11.2 Å². The van der Waals surface area contributed by atoms with E-state index in [4.69, 9.17) is 5.73 Å². The summed E-state index contributed by atoms with van der Waals surface area (Å²) in [5, 5.41) is 0. The molecule has 0 amide bonds. The molecular weight excluding hydrogens is 160 g/mol. The van der Waals surface area contributed by atoms with Gasteiger partial charge < -0.3 is 5.73 Å². The number of aliphatic imine (C=N–C) groups is 1. The van der Waals surface area contributed by atoms with Gasteiger partial charge in [-0.05, 0) is 0 Å². The summed E-state index contributed by atoms with van der Waals surface area (Å²) in [5.74, 6) is 0.0225. The Labute approximate surface area is 67.2 Å². The number of aromatic nitrogens is 2. The zero-order valence-electron chi connectivity index (χ0n) is 6.42.